The molecule has 1 aromatic rings. The third-order valence-electron chi connectivity index (χ3n) is 1.63. The number of nitro benzene ring substituents is 1. The van der Waals surface area contributed by atoms with Gasteiger partial charge < -0.3 is 4.74 Å². The maximum Gasteiger partial charge on any atom is 0.573 e. The lowest BCUT2D eigenvalue weighted by Crippen LogP contribution is -2.18. The van der Waals surface area contributed by atoms with Crippen LogP contribution >= 0.6 is 15.9 Å². The maximum atomic E-state index is 12.0. The van der Waals surface area contributed by atoms with Crippen LogP contribution in [0.2, 0.25) is 0 Å². The van der Waals surface area contributed by atoms with Gasteiger partial charge in [-0.15, -0.1) is 13.2 Å². The third-order valence-corrected chi connectivity index (χ3v) is 2.24. The highest BCUT2D eigenvalue weighted by atomic mass is 79.9. The molecule has 0 amide bonds. The SMILES string of the molecule is O=[N+]([O-])c1c(CBr)cccc1OC(F)(F)F. The van der Waals surface area contributed by atoms with E-state index >= 15 is 0 Å². The minimum absolute atomic E-state index is 0.0678. The Hall–Kier alpha value is -1.31. The molecule has 1 aromatic carbocycles. The molecule has 0 heterocycles. The Morgan fingerprint density at radius 2 is 2.06 bits per heavy atom. The lowest BCUT2D eigenvalue weighted by Gasteiger charge is -2.10. The Labute approximate surface area is 96.3 Å². The molecule has 0 aromatic heterocycles. The molecule has 1 rings (SSSR count). The van der Waals surface area contributed by atoms with Crippen molar-refractivity contribution in [3.8, 4) is 5.75 Å². The van der Waals surface area contributed by atoms with Crippen molar-refractivity contribution in [1.82, 2.24) is 0 Å². The molecule has 0 bridgehead atoms. The van der Waals surface area contributed by atoms with Crippen LogP contribution in [-0.2, 0) is 5.33 Å². The number of alkyl halides is 4. The van der Waals surface area contributed by atoms with Crippen molar-refractivity contribution in [2.24, 2.45) is 0 Å². The molecule has 0 saturated heterocycles. The van der Waals surface area contributed by atoms with Crippen LogP contribution in [0.4, 0.5) is 18.9 Å². The highest BCUT2D eigenvalue weighted by Crippen LogP contribution is 2.35. The first-order valence-electron chi connectivity index (χ1n) is 3.93. The van der Waals surface area contributed by atoms with E-state index in [9.17, 15) is 23.3 Å². The summed E-state index contributed by atoms with van der Waals surface area (Å²) in [7, 11) is 0. The smallest absolute Gasteiger partial charge is 0.398 e. The number of ether oxygens (including phenoxy) is 1. The molecule has 0 aliphatic heterocycles. The topological polar surface area (TPSA) is 52.4 Å². The average Bonchev–Trinajstić information content (AvgIpc) is 2.14. The molecule has 88 valence electrons. The van der Waals surface area contributed by atoms with Crippen molar-refractivity contribution in [1.29, 1.82) is 0 Å². The number of benzene rings is 1. The number of halogens is 4. The molecule has 0 aliphatic rings. The van der Waals surface area contributed by atoms with Gasteiger partial charge in [-0.1, -0.05) is 28.1 Å². The lowest BCUT2D eigenvalue weighted by molar-refractivity contribution is -0.389. The fourth-order valence-corrected chi connectivity index (χ4v) is 1.54. The fraction of sp³-hybridized carbons (Fsp3) is 0.250. The zero-order valence-electron chi connectivity index (χ0n) is 7.62. The van der Waals surface area contributed by atoms with Gasteiger partial charge >= 0.3 is 12.0 Å². The van der Waals surface area contributed by atoms with Crippen molar-refractivity contribution in [3.05, 3.63) is 33.9 Å². The molecule has 0 unspecified atom stereocenters. The van der Waals surface area contributed by atoms with Crippen LogP contribution < -0.4 is 4.74 Å². The molecule has 0 aliphatic carbocycles. The van der Waals surface area contributed by atoms with Crippen molar-refractivity contribution in [2.75, 3.05) is 0 Å². The molecule has 8 heteroatoms. The number of hydrogen-bond acceptors (Lipinski definition) is 3. The van der Waals surface area contributed by atoms with Crippen LogP contribution in [0.15, 0.2) is 18.2 Å². The second kappa shape index (κ2) is 4.69. The molecule has 0 saturated carbocycles. The summed E-state index contributed by atoms with van der Waals surface area (Å²) in [6.07, 6.45) is -4.95. The molecule has 0 fully saturated rings. The first kappa shape index (κ1) is 12.8. The quantitative estimate of drug-likeness (QED) is 0.488. The van der Waals surface area contributed by atoms with Crippen molar-refractivity contribution < 1.29 is 22.8 Å². The molecule has 0 atom stereocenters. The Morgan fingerprint density at radius 1 is 1.44 bits per heavy atom. The van der Waals surface area contributed by atoms with Gasteiger partial charge in [-0.25, -0.2) is 0 Å². The normalized spacial score (nSPS) is 11.2. The van der Waals surface area contributed by atoms with Crippen LogP contribution in [0.5, 0.6) is 5.75 Å². The highest BCUT2D eigenvalue weighted by Gasteiger charge is 2.35. The van der Waals surface area contributed by atoms with E-state index in [0.717, 1.165) is 6.07 Å². The number of para-hydroxylation sites is 1. The Morgan fingerprint density at radius 3 is 2.50 bits per heavy atom. The fourth-order valence-electron chi connectivity index (χ4n) is 1.09. The minimum Gasteiger partial charge on any atom is -0.398 e. The third kappa shape index (κ3) is 3.09. The van der Waals surface area contributed by atoms with E-state index < -0.39 is 22.7 Å². The average molecular weight is 300 g/mol. The Kier molecular flexibility index (Phi) is 3.74. The van der Waals surface area contributed by atoms with E-state index in [0.29, 0.717) is 0 Å². The van der Waals surface area contributed by atoms with Crippen LogP contribution in [0.25, 0.3) is 0 Å². The van der Waals surface area contributed by atoms with E-state index in [-0.39, 0.29) is 10.9 Å². The Bertz CT molecular complexity index is 408. The molecular formula is C8H5BrF3NO3. The molecule has 16 heavy (non-hydrogen) atoms. The molecule has 4 nitrogen and oxygen atoms in total. The van der Waals surface area contributed by atoms with Crippen LogP contribution in [0.3, 0.4) is 0 Å². The zero-order chi connectivity index (χ0) is 12.3. The van der Waals surface area contributed by atoms with Gasteiger partial charge in [0.1, 0.15) is 0 Å². The number of nitrogens with zero attached hydrogens (tertiary/aromatic N) is 1. The summed E-state index contributed by atoms with van der Waals surface area (Å²) in [6.45, 7) is 0. The second-order valence-electron chi connectivity index (χ2n) is 2.70. The van der Waals surface area contributed by atoms with Gasteiger partial charge in [0.15, 0.2) is 0 Å². The van der Waals surface area contributed by atoms with Gasteiger partial charge in [0.05, 0.1) is 4.92 Å². The summed E-state index contributed by atoms with van der Waals surface area (Å²) >= 11 is 2.95. The van der Waals surface area contributed by atoms with Gasteiger partial charge in [-0.2, -0.15) is 0 Å². The Balaban J connectivity index is 3.22. The van der Waals surface area contributed by atoms with Crippen LogP contribution in [0.1, 0.15) is 5.56 Å². The molecule has 0 N–H and O–H groups in total. The monoisotopic (exact) mass is 299 g/mol. The number of hydrogen-bond donors (Lipinski definition) is 0. The summed E-state index contributed by atoms with van der Waals surface area (Å²) in [5.41, 5.74) is -0.566. The molecule has 0 radical (unpaired) electrons. The lowest BCUT2D eigenvalue weighted by atomic mass is 10.2. The van der Waals surface area contributed by atoms with Crippen molar-refractivity contribution in [2.45, 2.75) is 11.7 Å². The zero-order valence-corrected chi connectivity index (χ0v) is 9.21. The van der Waals surface area contributed by atoms with Crippen LogP contribution in [-0.4, -0.2) is 11.3 Å². The maximum absolute atomic E-state index is 12.0. The van der Waals surface area contributed by atoms with E-state index in [2.05, 4.69) is 20.7 Å². The van der Waals surface area contributed by atoms with Crippen molar-refractivity contribution in [3.63, 3.8) is 0 Å². The first-order chi connectivity index (χ1) is 7.35. The number of nitro groups is 1. The summed E-state index contributed by atoms with van der Waals surface area (Å²) in [4.78, 5) is 9.72. The van der Waals surface area contributed by atoms with E-state index in [1.54, 1.807) is 0 Å². The summed E-state index contributed by atoms with van der Waals surface area (Å²) in [6, 6.07) is 3.50. The minimum atomic E-state index is -4.95. The second-order valence-corrected chi connectivity index (χ2v) is 3.26. The van der Waals surface area contributed by atoms with E-state index in [1.165, 1.54) is 12.1 Å². The molecular weight excluding hydrogens is 295 g/mol. The summed E-state index contributed by atoms with van der Waals surface area (Å²) in [5.74, 6) is -0.811. The predicted octanol–water partition coefficient (Wildman–Crippen LogP) is 3.39. The van der Waals surface area contributed by atoms with Gasteiger partial charge in [-0.05, 0) is 6.07 Å². The molecule has 0 spiro atoms. The van der Waals surface area contributed by atoms with Gasteiger partial charge in [-0.3, -0.25) is 10.1 Å². The summed E-state index contributed by atoms with van der Waals surface area (Å²) < 4.78 is 39.5. The van der Waals surface area contributed by atoms with Gasteiger partial charge in [0.2, 0.25) is 5.75 Å². The van der Waals surface area contributed by atoms with Crippen LogP contribution in [0, 0.1) is 10.1 Å². The van der Waals surface area contributed by atoms with Gasteiger partial charge in [0, 0.05) is 10.9 Å². The first-order valence-corrected chi connectivity index (χ1v) is 5.05. The largest absolute Gasteiger partial charge is 0.573 e. The standard InChI is InChI=1S/C8H5BrF3NO3/c9-4-5-2-1-3-6(7(5)13(14)15)16-8(10,11)12/h1-3H,4H2. The van der Waals surface area contributed by atoms with Crippen molar-refractivity contribution >= 4 is 21.6 Å². The van der Waals surface area contributed by atoms with Gasteiger partial charge in [0.25, 0.3) is 0 Å². The predicted molar refractivity (Wildman–Crippen MR) is 52.4 cm³/mol. The van der Waals surface area contributed by atoms with E-state index in [4.69, 9.17) is 0 Å². The summed E-state index contributed by atoms with van der Waals surface area (Å²) in [5, 5.41) is 10.7. The van der Waals surface area contributed by atoms with E-state index in [1.807, 2.05) is 0 Å². The number of rotatable bonds is 3. The highest BCUT2D eigenvalue weighted by molar-refractivity contribution is 9.08.